The van der Waals surface area contributed by atoms with Crippen LogP contribution in [-0.2, 0) is 42.5 Å². The zero-order chi connectivity index (χ0) is 60.9. The standard InChI is InChI=1S/C62H67ClF4N8O8S3/c1-61(2)22-20-51(39-8-12-44(63)13-9-39)43(32-61)33-71-24-26-72(27-25-71)46-14-10-40(11-15-46)58(77)70-86(82,83)50-16-17-54(56(30-50)85(80,81)62(65,66)67)68-45(38-84-49-6-4-3-5-7-49)21-23-73-36-48-29-47(73)37-74(48)34-42-28-41-35-75(60(79)52(41)31-53(42)64)55-18-19-57(76)69-59(55)78/h3-17,28,30-31,45,47-48,55,68H,18-27,29,32-38H2,1-2H3,(H,70,77)(H,69,76,78)/t45?,47-,48-,55?/m1/s1. The number of sulfonamides is 1. The number of nitrogens with zero attached hydrogens (tertiary/aromatic N) is 5. The van der Waals surface area contributed by atoms with E-state index in [4.69, 9.17) is 11.6 Å². The molecule has 6 aliphatic rings. The molecule has 86 heavy (non-hydrogen) atoms. The van der Waals surface area contributed by atoms with Crippen molar-refractivity contribution in [1.29, 1.82) is 0 Å². The topological polar surface area (TPSA) is 189 Å². The van der Waals surface area contributed by atoms with Crippen LogP contribution < -0.4 is 20.3 Å². The lowest BCUT2D eigenvalue weighted by Gasteiger charge is -2.39. The van der Waals surface area contributed by atoms with Crippen LogP contribution in [0.5, 0.6) is 0 Å². The fourth-order valence-corrected chi connectivity index (χ4v) is 16.1. The average molecular weight is 1260 g/mol. The van der Waals surface area contributed by atoms with E-state index in [2.05, 4.69) is 56.2 Å². The summed E-state index contributed by atoms with van der Waals surface area (Å²) in [5.41, 5.74) is -0.122. The van der Waals surface area contributed by atoms with Crippen molar-refractivity contribution in [3.63, 3.8) is 0 Å². The van der Waals surface area contributed by atoms with Crippen molar-refractivity contribution in [2.24, 2.45) is 5.41 Å². The van der Waals surface area contributed by atoms with Crippen molar-refractivity contribution in [1.82, 2.24) is 29.6 Å². The van der Waals surface area contributed by atoms with Gasteiger partial charge in [-0.05, 0) is 140 Å². The molecule has 456 valence electrons. The number of benzene rings is 5. The maximum absolute atomic E-state index is 15.7. The molecule has 4 amide bonds. The third kappa shape index (κ3) is 13.4. The van der Waals surface area contributed by atoms with Gasteiger partial charge in [-0.1, -0.05) is 61.4 Å². The number of hydrogen-bond acceptors (Lipinski definition) is 14. The molecule has 16 nitrogen and oxygen atoms in total. The van der Waals surface area contributed by atoms with Gasteiger partial charge in [0.2, 0.25) is 11.8 Å². The Hall–Kier alpha value is -6.34. The Morgan fingerprint density at radius 3 is 2.24 bits per heavy atom. The van der Waals surface area contributed by atoms with E-state index in [9.17, 15) is 49.2 Å². The van der Waals surface area contributed by atoms with E-state index in [1.165, 1.54) is 51.6 Å². The molecule has 2 bridgehead atoms. The van der Waals surface area contributed by atoms with Gasteiger partial charge in [-0.15, -0.1) is 11.8 Å². The number of halogens is 5. The summed E-state index contributed by atoms with van der Waals surface area (Å²) in [6, 6.07) is 27.5. The number of piperazine rings is 2. The highest BCUT2D eigenvalue weighted by Crippen LogP contribution is 2.44. The number of anilines is 2. The minimum absolute atomic E-state index is 0.0309. The highest BCUT2D eigenvalue weighted by atomic mass is 35.5. The second-order valence-electron chi connectivity index (χ2n) is 24.0. The fraction of sp³-hybridized carbons (Fsp3) is 0.419. The number of sulfone groups is 1. The van der Waals surface area contributed by atoms with E-state index in [-0.39, 0.29) is 60.3 Å². The molecule has 0 aromatic heterocycles. The van der Waals surface area contributed by atoms with Crippen LogP contribution in [0.1, 0.15) is 96.2 Å². The zero-order valence-electron chi connectivity index (χ0n) is 47.5. The SMILES string of the molecule is CC1(C)CCC(c2ccc(Cl)cc2)=C(CN2CCN(c3ccc(C(=O)NS(=O)(=O)c4ccc(NC(CCN5C[C@H]6C[C@@H]5CN6Cc5cc6c(cc5F)C(=O)N(C5CCC(=O)NC5=O)C6)CSc5ccccc5)c(S(=O)(=O)C(F)(F)F)c4)cc3)CC2)C1. The number of piperidine rings is 1. The largest absolute Gasteiger partial charge is 0.501 e. The number of hydrogen-bond donors (Lipinski definition) is 3. The van der Waals surface area contributed by atoms with Crippen molar-refractivity contribution in [3.05, 3.63) is 153 Å². The summed E-state index contributed by atoms with van der Waals surface area (Å²) in [5, 5.41) is 6.01. The van der Waals surface area contributed by atoms with Gasteiger partial charge in [-0.3, -0.25) is 39.2 Å². The summed E-state index contributed by atoms with van der Waals surface area (Å²) in [4.78, 5) is 60.3. The molecule has 4 atom stereocenters. The summed E-state index contributed by atoms with van der Waals surface area (Å²) < 4.78 is 116. The Labute approximate surface area is 507 Å². The van der Waals surface area contributed by atoms with Crippen LogP contribution in [-0.4, -0.2) is 148 Å². The molecule has 5 heterocycles. The Bertz CT molecular complexity index is 3700. The second-order valence-corrected chi connectivity index (χ2v) is 29.1. The summed E-state index contributed by atoms with van der Waals surface area (Å²) in [6.07, 6.45) is 4.47. The molecule has 4 saturated heterocycles. The maximum Gasteiger partial charge on any atom is 0.501 e. The van der Waals surface area contributed by atoms with Crippen LogP contribution >= 0.6 is 23.4 Å². The minimum Gasteiger partial charge on any atom is -0.380 e. The summed E-state index contributed by atoms with van der Waals surface area (Å²) in [7, 11) is -11.1. The van der Waals surface area contributed by atoms with Crippen LogP contribution in [0.15, 0.2) is 129 Å². The van der Waals surface area contributed by atoms with E-state index >= 15 is 4.39 Å². The predicted octanol–water partition coefficient (Wildman–Crippen LogP) is 9.36. The predicted molar refractivity (Wildman–Crippen MR) is 321 cm³/mol. The number of carbonyl (C=O) groups is 4. The van der Waals surface area contributed by atoms with Crippen LogP contribution in [0.3, 0.4) is 0 Å². The van der Waals surface area contributed by atoms with E-state index in [0.717, 1.165) is 68.0 Å². The number of amides is 4. The number of nitrogens with one attached hydrogen (secondary N) is 3. The first-order valence-electron chi connectivity index (χ1n) is 28.8. The summed E-state index contributed by atoms with van der Waals surface area (Å²) >= 11 is 7.62. The highest BCUT2D eigenvalue weighted by molar-refractivity contribution is 7.99. The normalized spacial score (nSPS) is 21.7. The van der Waals surface area contributed by atoms with Crippen LogP contribution in [0.4, 0.5) is 28.9 Å². The number of carbonyl (C=O) groups excluding carboxylic acids is 4. The van der Waals surface area contributed by atoms with Gasteiger partial charge in [0.05, 0.1) is 10.6 Å². The van der Waals surface area contributed by atoms with Crippen LogP contribution in [0.25, 0.3) is 5.57 Å². The number of rotatable bonds is 19. The number of alkyl halides is 3. The fourth-order valence-electron chi connectivity index (χ4n) is 12.9. The molecule has 5 aromatic rings. The molecule has 4 fully saturated rings. The van der Waals surface area contributed by atoms with Gasteiger partial charge >= 0.3 is 5.51 Å². The lowest BCUT2D eigenvalue weighted by atomic mass is 9.73. The van der Waals surface area contributed by atoms with E-state index in [1.54, 1.807) is 18.2 Å². The second kappa shape index (κ2) is 24.7. The molecule has 5 aliphatic heterocycles. The molecule has 24 heteroatoms. The van der Waals surface area contributed by atoms with Crippen molar-refractivity contribution >= 4 is 83.8 Å². The number of fused-ring (bicyclic) bond motifs is 3. The Morgan fingerprint density at radius 2 is 1.56 bits per heavy atom. The molecule has 3 N–H and O–H groups in total. The van der Waals surface area contributed by atoms with Crippen molar-refractivity contribution < 1.29 is 53.6 Å². The first kappa shape index (κ1) is 61.3. The third-order valence-corrected chi connectivity index (χ3v) is 21.9. The van der Waals surface area contributed by atoms with Gasteiger partial charge in [0, 0.05) is 128 Å². The molecule has 1 aliphatic carbocycles. The number of thioether (sulfide) groups is 1. The Kier molecular flexibility index (Phi) is 17.6. The first-order valence-corrected chi connectivity index (χ1v) is 33.2. The Morgan fingerprint density at radius 1 is 0.849 bits per heavy atom. The minimum atomic E-state index is -6.17. The number of likely N-dealkylation sites (tertiary alicyclic amines) is 2. The van der Waals surface area contributed by atoms with Gasteiger partial charge in [0.1, 0.15) is 16.8 Å². The lowest BCUT2D eigenvalue weighted by molar-refractivity contribution is -0.136. The van der Waals surface area contributed by atoms with Gasteiger partial charge in [0.25, 0.3) is 31.7 Å². The molecule has 0 radical (unpaired) electrons. The number of imide groups is 1. The third-order valence-electron chi connectivity index (χ3n) is 17.6. The molecule has 2 unspecified atom stereocenters. The van der Waals surface area contributed by atoms with Gasteiger partial charge < -0.3 is 15.1 Å². The Balaban J connectivity index is 0.730. The van der Waals surface area contributed by atoms with E-state index in [0.29, 0.717) is 61.4 Å². The summed E-state index contributed by atoms with van der Waals surface area (Å²) in [5.74, 6) is -2.76. The van der Waals surface area contributed by atoms with E-state index < -0.39 is 82.4 Å². The average Bonchev–Trinajstić information content (AvgIpc) is 2.39. The van der Waals surface area contributed by atoms with Crippen molar-refractivity contribution in [2.75, 3.05) is 68.3 Å². The molecule has 0 saturated carbocycles. The van der Waals surface area contributed by atoms with Crippen LogP contribution in [0, 0.1) is 11.2 Å². The van der Waals surface area contributed by atoms with Crippen LogP contribution in [0.2, 0.25) is 5.02 Å². The van der Waals surface area contributed by atoms with Crippen molar-refractivity contribution in [2.45, 2.75) is 116 Å². The molecule has 0 spiro atoms. The molecule has 11 rings (SSSR count). The first-order chi connectivity index (χ1) is 40.9. The maximum atomic E-state index is 15.7. The molecular weight excluding hydrogens is 1190 g/mol. The molecule has 5 aromatic carbocycles. The zero-order valence-corrected chi connectivity index (χ0v) is 50.8. The smallest absolute Gasteiger partial charge is 0.380 e. The lowest BCUT2D eigenvalue weighted by Crippen LogP contribution is -2.52. The van der Waals surface area contributed by atoms with E-state index in [1.807, 2.05) is 47.2 Å². The summed E-state index contributed by atoms with van der Waals surface area (Å²) in [6.45, 7) is 10.5. The monoisotopic (exact) mass is 1260 g/mol. The van der Waals surface area contributed by atoms with Gasteiger partial charge in [-0.2, -0.15) is 13.2 Å². The van der Waals surface area contributed by atoms with Crippen molar-refractivity contribution in [3.8, 4) is 0 Å². The van der Waals surface area contributed by atoms with Gasteiger partial charge in [-0.25, -0.2) is 25.9 Å². The van der Waals surface area contributed by atoms with Gasteiger partial charge in [0.15, 0.2) is 0 Å². The quantitative estimate of drug-likeness (QED) is 0.0403. The molecular formula is C62H67ClF4N8O8S3. The number of allylic oxidation sites excluding steroid dienone is 1. The highest BCUT2D eigenvalue weighted by Gasteiger charge is 2.49.